The summed E-state index contributed by atoms with van der Waals surface area (Å²) in [6, 6.07) is 4.43. The van der Waals surface area contributed by atoms with Gasteiger partial charge >= 0.3 is 0 Å². The van der Waals surface area contributed by atoms with Crippen molar-refractivity contribution in [1.82, 2.24) is 30.1 Å². The molecule has 1 saturated carbocycles. The third kappa shape index (κ3) is 4.43. The van der Waals surface area contributed by atoms with E-state index in [0.29, 0.717) is 39.6 Å². The summed E-state index contributed by atoms with van der Waals surface area (Å²) in [6.45, 7) is 1.72. The number of nitrogens with one attached hydrogen (secondary N) is 3. The van der Waals surface area contributed by atoms with Crippen LogP contribution in [0, 0.1) is 18.7 Å². The molecule has 0 radical (unpaired) electrons. The Morgan fingerprint density at radius 2 is 2.03 bits per heavy atom. The number of aliphatic hydroxyl groups excluding tert-OH is 3. The average Bonchev–Trinajstić information content (AvgIpc) is 3.60. The van der Waals surface area contributed by atoms with Gasteiger partial charge in [-0.15, -0.1) is 11.3 Å². The van der Waals surface area contributed by atoms with Gasteiger partial charge in [0.05, 0.1) is 46.0 Å². The number of aliphatic hydroxyl groups is 3. The van der Waals surface area contributed by atoms with Crippen molar-refractivity contribution in [2.75, 3.05) is 17.2 Å². The maximum atomic E-state index is 14.6. The normalized spacial score (nSPS) is 21.4. The highest BCUT2D eigenvalue weighted by Gasteiger charge is 2.41. The molecule has 1 fully saturated rings. The molecule has 1 aliphatic carbocycles. The lowest BCUT2D eigenvalue weighted by molar-refractivity contribution is 0.00446. The van der Waals surface area contributed by atoms with Crippen molar-refractivity contribution in [3.63, 3.8) is 0 Å². The Morgan fingerprint density at radius 1 is 1.16 bits per heavy atom. The van der Waals surface area contributed by atoms with Crippen LogP contribution in [0.25, 0.3) is 31.7 Å². The average molecular weight is 537 g/mol. The first-order valence-electron chi connectivity index (χ1n) is 12.1. The van der Waals surface area contributed by atoms with Gasteiger partial charge in [0.25, 0.3) is 0 Å². The van der Waals surface area contributed by atoms with Gasteiger partial charge in [-0.2, -0.15) is 10.1 Å². The van der Waals surface area contributed by atoms with E-state index in [1.165, 1.54) is 17.4 Å². The van der Waals surface area contributed by atoms with Crippen molar-refractivity contribution in [3.8, 4) is 10.6 Å². The van der Waals surface area contributed by atoms with Crippen LogP contribution in [0.5, 0.6) is 0 Å². The number of pyridine rings is 1. The molecule has 1 aliphatic rings. The largest absolute Gasteiger partial charge is 0.396 e. The summed E-state index contributed by atoms with van der Waals surface area (Å²) in [4.78, 5) is 18.1. The SMILES string of the molecule is Cc1nc(NCc2cc3cn[nH]c3cc2F)nc(N[C@@H]2C[C@H](CO)[C@@H](O)[C@H]2O)c1-c1nc2cnccc2s1. The molecule has 4 heterocycles. The molecule has 0 unspecified atom stereocenters. The van der Waals surface area contributed by atoms with Gasteiger partial charge in [0.2, 0.25) is 5.95 Å². The molecular formula is C25H25FN8O3S. The van der Waals surface area contributed by atoms with Crippen LogP contribution in [0.3, 0.4) is 0 Å². The predicted octanol–water partition coefficient (Wildman–Crippen LogP) is 2.60. The minimum Gasteiger partial charge on any atom is -0.396 e. The fourth-order valence-corrected chi connectivity index (χ4v) is 5.88. The summed E-state index contributed by atoms with van der Waals surface area (Å²) in [5.74, 6) is -0.175. The Hall–Kier alpha value is -3.78. The molecule has 0 spiro atoms. The summed E-state index contributed by atoms with van der Waals surface area (Å²) < 4.78 is 15.6. The first-order valence-corrected chi connectivity index (χ1v) is 12.9. The molecule has 0 bridgehead atoms. The third-order valence-corrected chi connectivity index (χ3v) is 7.95. The van der Waals surface area contributed by atoms with E-state index in [9.17, 15) is 19.7 Å². The molecular weight excluding hydrogens is 511 g/mol. The van der Waals surface area contributed by atoms with Gasteiger partial charge in [0.15, 0.2) is 0 Å². The minimum absolute atomic E-state index is 0.134. The highest BCUT2D eigenvalue weighted by molar-refractivity contribution is 7.21. The zero-order valence-electron chi connectivity index (χ0n) is 20.3. The van der Waals surface area contributed by atoms with Crippen LogP contribution in [-0.4, -0.2) is 70.3 Å². The van der Waals surface area contributed by atoms with E-state index in [-0.39, 0.29) is 24.9 Å². The quantitative estimate of drug-likeness (QED) is 0.182. The van der Waals surface area contributed by atoms with Crippen LogP contribution in [0.1, 0.15) is 17.7 Å². The molecule has 13 heteroatoms. The summed E-state index contributed by atoms with van der Waals surface area (Å²) in [6.07, 6.45) is 3.21. The molecule has 1 aromatic carbocycles. The second-order valence-electron chi connectivity index (χ2n) is 9.38. The predicted molar refractivity (Wildman–Crippen MR) is 141 cm³/mol. The Morgan fingerprint density at radius 3 is 2.82 bits per heavy atom. The molecule has 0 aliphatic heterocycles. The standard InChI is InChI=1S/C25H25FN8O3S/c1-11-20(24-32-18-9-27-3-2-19(18)38-24)23(31-17-5-14(10-35)21(36)22(17)37)33-25(30-11)28-7-12-4-13-8-29-34-16(13)6-15(12)26/h2-4,6,8-9,14,17,21-22,35-37H,5,7,10H2,1H3,(H,29,34)(H2,28,30,31,33)/t14-,17-,21-,22+/m1/s1. The summed E-state index contributed by atoms with van der Waals surface area (Å²) in [5, 5.41) is 45.1. The van der Waals surface area contributed by atoms with E-state index >= 15 is 0 Å². The number of hydrogen-bond acceptors (Lipinski definition) is 11. The number of thiazole rings is 1. The lowest BCUT2D eigenvalue weighted by Crippen LogP contribution is -2.35. The number of fused-ring (bicyclic) bond motifs is 2. The Labute approximate surface area is 219 Å². The summed E-state index contributed by atoms with van der Waals surface area (Å²) >= 11 is 1.46. The Bertz CT molecular complexity index is 1590. The first kappa shape index (κ1) is 24.6. The topological polar surface area (TPSA) is 165 Å². The smallest absolute Gasteiger partial charge is 0.225 e. The monoisotopic (exact) mass is 536 g/mol. The van der Waals surface area contributed by atoms with E-state index < -0.39 is 24.2 Å². The number of aromatic amines is 1. The molecule has 6 N–H and O–H groups in total. The van der Waals surface area contributed by atoms with E-state index in [1.54, 1.807) is 24.7 Å². The van der Waals surface area contributed by atoms with Crippen LogP contribution >= 0.6 is 11.3 Å². The molecule has 6 rings (SSSR count). The number of rotatable bonds is 7. The maximum absolute atomic E-state index is 14.6. The molecule has 4 aromatic heterocycles. The lowest BCUT2D eigenvalue weighted by atomic mass is 10.1. The molecule has 0 saturated heterocycles. The maximum Gasteiger partial charge on any atom is 0.225 e. The van der Waals surface area contributed by atoms with Crippen molar-refractivity contribution < 1.29 is 19.7 Å². The number of hydrogen-bond donors (Lipinski definition) is 6. The number of halogens is 1. The number of nitrogens with zero attached hydrogens (tertiary/aromatic N) is 5. The van der Waals surface area contributed by atoms with Crippen molar-refractivity contribution in [1.29, 1.82) is 0 Å². The van der Waals surface area contributed by atoms with Gasteiger partial charge in [0.1, 0.15) is 28.3 Å². The minimum atomic E-state index is -1.10. The number of H-pyrrole nitrogens is 1. The molecule has 11 nitrogen and oxygen atoms in total. The molecule has 4 atom stereocenters. The van der Waals surface area contributed by atoms with Gasteiger partial charge in [-0.1, -0.05) is 0 Å². The number of benzene rings is 1. The van der Waals surface area contributed by atoms with Crippen LogP contribution in [0.2, 0.25) is 0 Å². The molecule has 5 aromatic rings. The molecule has 38 heavy (non-hydrogen) atoms. The van der Waals surface area contributed by atoms with Gasteiger partial charge in [0, 0.05) is 36.2 Å². The van der Waals surface area contributed by atoms with Crippen molar-refractivity contribution in [2.24, 2.45) is 5.92 Å². The van der Waals surface area contributed by atoms with Crippen molar-refractivity contribution >= 4 is 44.2 Å². The van der Waals surface area contributed by atoms with Crippen molar-refractivity contribution in [2.45, 2.75) is 38.1 Å². The van der Waals surface area contributed by atoms with Crippen LogP contribution < -0.4 is 10.6 Å². The van der Waals surface area contributed by atoms with Crippen LogP contribution in [0.15, 0.2) is 36.8 Å². The lowest BCUT2D eigenvalue weighted by Gasteiger charge is -2.21. The fraction of sp³-hybridized carbons (Fsp3) is 0.320. The van der Waals surface area contributed by atoms with Crippen molar-refractivity contribution in [3.05, 3.63) is 53.9 Å². The highest BCUT2D eigenvalue weighted by Crippen LogP contribution is 2.38. The van der Waals surface area contributed by atoms with Gasteiger partial charge in [-0.05, 0) is 31.5 Å². The first-order chi connectivity index (χ1) is 18.4. The van der Waals surface area contributed by atoms with Crippen LogP contribution in [-0.2, 0) is 6.54 Å². The van der Waals surface area contributed by atoms with Gasteiger partial charge in [-0.25, -0.2) is 14.4 Å². The van der Waals surface area contributed by atoms with E-state index in [4.69, 9.17) is 4.98 Å². The number of aromatic nitrogens is 6. The molecule has 0 amide bonds. The second-order valence-corrected chi connectivity index (χ2v) is 10.4. The zero-order chi connectivity index (χ0) is 26.4. The van der Waals surface area contributed by atoms with E-state index in [0.717, 1.165) is 15.6 Å². The van der Waals surface area contributed by atoms with E-state index in [1.807, 2.05) is 13.0 Å². The number of aryl methyl sites for hydroxylation is 1. The Balaban J connectivity index is 1.36. The summed E-state index contributed by atoms with van der Waals surface area (Å²) in [5.41, 5.74) is 3.05. The summed E-state index contributed by atoms with van der Waals surface area (Å²) in [7, 11) is 0. The Kier molecular flexibility index (Phi) is 6.35. The third-order valence-electron chi connectivity index (χ3n) is 6.90. The number of anilines is 2. The van der Waals surface area contributed by atoms with Gasteiger partial charge < -0.3 is 26.0 Å². The van der Waals surface area contributed by atoms with Gasteiger partial charge in [-0.3, -0.25) is 10.1 Å². The highest BCUT2D eigenvalue weighted by atomic mass is 32.1. The van der Waals surface area contributed by atoms with E-state index in [2.05, 4.69) is 35.8 Å². The zero-order valence-corrected chi connectivity index (χ0v) is 21.1. The molecule has 196 valence electrons. The fourth-order valence-electron chi connectivity index (χ4n) is 4.85. The second kappa shape index (κ2) is 9.83. The van der Waals surface area contributed by atoms with Crippen LogP contribution in [0.4, 0.5) is 16.2 Å².